The smallest absolute Gasteiger partial charge is 0.397 e. The highest BCUT2D eigenvalue weighted by molar-refractivity contribution is 7.16. The van der Waals surface area contributed by atoms with Crippen LogP contribution in [0.15, 0.2) is 18.2 Å². The van der Waals surface area contributed by atoms with E-state index in [1.807, 2.05) is 36.9 Å². The van der Waals surface area contributed by atoms with Gasteiger partial charge in [0.15, 0.2) is 5.13 Å². The monoisotopic (exact) mass is 387 g/mol. The van der Waals surface area contributed by atoms with Gasteiger partial charge in [0.2, 0.25) is 5.91 Å². The third kappa shape index (κ3) is 3.85. The van der Waals surface area contributed by atoms with E-state index in [1.54, 1.807) is 6.92 Å². The Morgan fingerprint density at radius 1 is 1.30 bits per heavy atom. The summed E-state index contributed by atoms with van der Waals surface area (Å²) < 4.78 is 4.68. The van der Waals surface area contributed by atoms with Crippen LogP contribution >= 0.6 is 11.3 Å². The number of carbonyl (C=O) groups excluding carboxylic acids is 3. The molecule has 2 aromatic rings. The zero-order chi connectivity index (χ0) is 19.6. The van der Waals surface area contributed by atoms with E-state index in [1.165, 1.54) is 11.3 Å². The zero-order valence-corrected chi connectivity index (χ0v) is 16.3. The molecule has 0 aliphatic carbocycles. The van der Waals surface area contributed by atoms with Crippen LogP contribution in [-0.2, 0) is 25.5 Å². The molecule has 1 N–H and O–H groups in total. The van der Waals surface area contributed by atoms with Crippen LogP contribution in [0.1, 0.15) is 30.7 Å². The number of aryl methyl sites for hydroxylation is 1. The summed E-state index contributed by atoms with van der Waals surface area (Å²) in [5.41, 5.74) is 3.74. The summed E-state index contributed by atoms with van der Waals surface area (Å²) in [5, 5.41) is 2.83. The maximum Gasteiger partial charge on any atom is 0.397 e. The van der Waals surface area contributed by atoms with Crippen molar-refractivity contribution in [2.24, 2.45) is 0 Å². The third-order valence-corrected chi connectivity index (χ3v) is 5.22. The van der Waals surface area contributed by atoms with Crippen molar-refractivity contribution in [3.63, 3.8) is 0 Å². The lowest BCUT2D eigenvalue weighted by molar-refractivity contribution is -0.152. The molecular formula is C19H21N3O4S. The molecule has 0 bridgehead atoms. The molecule has 1 aromatic heterocycles. The number of aromatic nitrogens is 1. The molecule has 3 rings (SSSR count). The van der Waals surface area contributed by atoms with Crippen LogP contribution in [0.3, 0.4) is 0 Å². The average molecular weight is 387 g/mol. The number of anilines is 2. The third-order valence-electron chi connectivity index (χ3n) is 4.33. The van der Waals surface area contributed by atoms with Gasteiger partial charge in [0.25, 0.3) is 0 Å². The number of carbonyl (C=O) groups is 3. The lowest BCUT2D eigenvalue weighted by Crippen LogP contribution is -2.27. The molecule has 2 heterocycles. The number of esters is 1. The van der Waals surface area contributed by atoms with Crippen LogP contribution in [0, 0.1) is 6.92 Å². The van der Waals surface area contributed by atoms with Crippen LogP contribution in [0.25, 0.3) is 11.3 Å². The van der Waals surface area contributed by atoms with Gasteiger partial charge in [-0.1, -0.05) is 13.0 Å². The molecule has 7 nitrogen and oxygen atoms in total. The van der Waals surface area contributed by atoms with E-state index in [0.29, 0.717) is 18.1 Å². The Morgan fingerprint density at radius 2 is 2.07 bits per heavy atom. The lowest BCUT2D eigenvalue weighted by Gasteiger charge is -2.16. The van der Waals surface area contributed by atoms with Crippen molar-refractivity contribution >= 4 is 39.9 Å². The van der Waals surface area contributed by atoms with E-state index >= 15 is 0 Å². The predicted molar refractivity (Wildman–Crippen MR) is 104 cm³/mol. The molecule has 1 aliphatic rings. The van der Waals surface area contributed by atoms with Crippen molar-refractivity contribution in [3.05, 3.63) is 28.6 Å². The summed E-state index contributed by atoms with van der Waals surface area (Å²) in [6, 6.07) is 5.91. The largest absolute Gasteiger partial charge is 0.459 e. The van der Waals surface area contributed by atoms with Gasteiger partial charge < -0.3 is 9.64 Å². The van der Waals surface area contributed by atoms with Crippen molar-refractivity contribution in [2.75, 3.05) is 23.4 Å². The number of nitrogens with one attached hydrogen (secondary N) is 1. The van der Waals surface area contributed by atoms with Crippen LogP contribution in [0.4, 0.5) is 10.8 Å². The Hall–Kier alpha value is -2.74. The number of rotatable bonds is 4. The van der Waals surface area contributed by atoms with Crippen molar-refractivity contribution in [1.29, 1.82) is 0 Å². The van der Waals surface area contributed by atoms with Gasteiger partial charge in [-0.2, -0.15) is 0 Å². The second-order valence-electron chi connectivity index (χ2n) is 6.09. The average Bonchev–Trinajstić information content (AvgIpc) is 3.23. The number of ether oxygens (including phenoxy) is 1. The first kappa shape index (κ1) is 19.0. The summed E-state index contributed by atoms with van der Waals surface area (Å²) in [5.74, 6) is -1.64. The standard InChI is InChI=1S/C19H21N3O4S/c1-4-15(23)22-9-8-12-10-13(6-7-14(12)22)16-11(3)27-19(20-16)21-17(24)18(25)26-5-2/h6-7,10H,4-5,8-9H2,1-3H3,(H,20,21,24). The maximum atomic E-state index is 12.0. The topological polar surface area (TPSA) is 88.6 Å². The van der Waals surface area contributed by atoms with Gasteiger partial charge in [-0.3, -0.25) is 14.9 Å². The summed E-state index contributed by atoms with van der Waals surface area (Å²) in [6.45, 7) is 6.25. The van der Waals surface area contributed by atoms with Crippen molar-refractivity contribution in [3.8, 4) is 11.3 Å². The van der Waals surface area contributed by atoms with E-state index in [-0.39, 0.29) is 12.5 Å². The highest BCUT2D eigenvalue weighted by atomic mass is 32.1. The number of hydrogen-bond acceptors (Lipinski definition) is 6. The first-order valence-electron chi connectivity index (χ1n) is 8.83. The van der Waals surface area contributed by atoms with Crippen molar-refractivity contribution in [1.82, 2.24) is 4.98 Å². The van der Waals surface area contributed by atoms with E-state index in [9.17, 15) is 14.4 Å². The lowest BCUT2D eigenvalue weighted by atomic mass is 10.1. The minimum absolute atomic E-state index is 0.121. The fourth-order valence-corrected chi connectivity index (χ4v) is 3.89. The van der Waals surface area contributed by atoms with Crippen molar-refractivity contribution in [2.45, 2.75) is 33.6 Å². The van der Waals surface area contributed by atoms with Crippen LogP contribution in [-0.4, -0.2) is 35.9 Å². The predicted octanol–water partition coefficient (Wildman–Crippen LogP) is 2.92. The van der Waals surface area contributed by atoms with E-state index in [4.69, 9.17) is 0 Å². The fourth-order valence-electron chi connectivity index (χ4n) is 3.06. The molecule has 8 heteroatoms. The van der Waals surface area contributed by atoms with Crippen molar-refractivity contribution < 1.29 is 19.1 Å². The number of thiazole rings is 1. The zero-order valence-electron chi connectivity index (χ0n) is 15.5. The van der Waals surface area contributed by atoms with Gasteiger partial charge in [-0.25, -0.2) is 9.78 Å². The van der Waals surface area contributed by atoms with Gasteiger partial charge in [-0.05, 0) is 38.0 Å². The Balaban J connectivity index is 1.82. The summed E-state index contributed by atoms with van der Waals surface area (Å²) >= 11 is 1.30. The second kappa shape index (κ2) is 7.87. The number of benzene rings is 1. The molecule has 27 heavy (non-hydrogen) atoms. The number of nitrogens with zero attached hydrogens (tertiary/aromatic N) is 2. The summed E-state index contributed by atoms with van der Waals surface area (Å²) in [7, 11) is 0. The molecule has 0 saturated heterocycles. The van der Waals surface area contributed by atoms with Gasteiger partial charge in [0, 0.05) is 29.1 Å². The SMILES string of the molecule is CCOC(=O)C(=O)Nc1nc(-c2ccc3c(c2)CCN3C(=O)CC)c(C)s1. The molecule has 142 valence electrons. The van der Waals surface area contributed by atoms with E-state index in [0.717, 1.165) is 33.8 Å². The van der Waals surface area contributed by atoms with Crippen LogP contribution < -0.4 is 10.2 Å². The molecule has 2 amide bonds. The molecule has 0 spiro atoms. The first-order valence-corrected chi connectivity index (χ1v) is 9.65. The quantitative estimate of drug-likeness (QED) is 0.644. The molecule has 0 fully saturated rings. The van der Waals surface area contributed by atoms with E-state index < -0.39 is 11.9 Å². The molecule has 0 saturated carbocycles. The second-order valence-corrected chi connectivity index (χ2v) is 7.29. The molecule has 0 unspecified atom stereocenters. The highest BCUT2D eigenvalue weighted by Gasteiger charge is 2.24. The van der Waals surface area contributed by atoms with Crippen LogP contribution in [0.5, 0.6) is 0 Å². The van der Waals surface area contributed by atoms with Gasteiger partial charge in [0.05, 0.1) is 12.3 Å². The molecule has 1 aliphatic heterocycles. The number of fused-ring (bicyclic) bond motifs is 1. The summed E-state index contributed by atoms with van der Waals surface area (Å²) in [6.07, 6.45) is 1.29. The molecule has 0 atom stereocenters. The minimum Gasteiger partial charge on any atom is -0.459 e. The first-order chi connectivity index (χ1) is 12.9. The maximum absolute atomic E-state index is 12.0. The molecular weight excluding hydrogens is 366 g/mol. The minimum atomic E-state index is -0.926. The Labute approximate surface area is 161 Å². The Bertz CT molecular complexity index is 906. The molecule has 0 radical (unpaired) electrons. The highest BCUT2D eigenvalue weighted by Crippen LogP contribution is 2.35. The Morgan fingerprint density at radius 3 is 2.78 bits per heavy atom. The Kier molecular flexibility index (Phi) is 5.55. The summed E-state index contributed by atoms with van der Waals surface area (Å²) in [4.78, 5) is 42.5. The van der Waals surface area contributed by atoms with Crippen LogP contribution in [0.2, 0.25) is 0 Å². The molecule has 1 aromatic carbocycles. The number of hydrogen-bond donors (Lipinski definition) is 1. The normalized spacial score (nSPS) is 12.6. The van der Waals surface area contributed by atoms with Gasteiger partial charge in [0.1, 0.15) is 0 Å². The van der Waals surface area contributed by atoms with E-state index in [2.05, 4.69) is 15.0 Å². The number of amides is 2. The van der Waals surface area contributed by atoms with Gasteiger partial charge >= 0.3 is 11.9 Å². The fraction of sp³-hybridized carbons (Fsp3) is 0.368. The van der Waals surface area contributed by atoms with Gasteiger partial charge in [-0.15, -0.1) is 11.3 Å².